The number of rotatable bonds is 5. The highest BCUT2D eigenvalue weighted by Crippen LogP contribution is 2.22. The largest absolute Gasteiger partial charge is 0.469 e. The Balaban J connectivity index is 2.57. The Morgan fingerprint density at radius 2 is 2.33 bits per heavy atom. The summed E-state index contributed by atoms with van der Waals surface area (Å²) in [6.07, 6.45) is 1.46. The molecule has 15 heavy (non-hydrogen) atoms. The van der Waals surface area contributed by atoms with Crippen LogP contribution in [0.1, 0.15) is 26.2 Å². The SMILES string of the molecule is CCC(=S)C(CC(=O)OC)C1CC(=O)N1. The zero-order chi connectivity index (χ0) is 11.4. The van der Waals surface area contributed by atoms with E-state index >= 15 is 0 Å². The van der Waals surface area contributed by atoms with Gasteiger partial charge in [-0.15, -0.1) is 0 Å². The van der Waals surface area contributed by atoms with E-state index < -0.39 is 0 Å². The molecule has 0 aromatic carbocycles. The lowest BCUT2D eigenvalue weighted by Gasteiger charge is -2.34. The van der Waals surface area contributed by atoms with Gasteiger partial charge in [-0.1, -0.05) is 19.1 Å². The van der Waals surface area contributed by atoms with Crippen LogP contribution in [0.3, 0.4) is 0 Å². The average Bonchev–Trinajstić information content (AvgIpc) is 2.20. The van der Waals surface area contributed by atoms with Crippen molar-refractivity contribution in [2.24, 2.45) is 5.92 Å². The molecule has 0 aromatic rings. The first-order valence-electron chi connectivity index (χ1n) is 4.97. The summed E-state index contributed by atoms with van der Waals surface area (Å²) in [6, 6.07) is 0.0176. The molecule has 1 saturated heterocycles. The Bertz CT molecular complexity index is 282. The zero-order valence-electron chi connectivity index (χ0n) is 8.91. The Labute approximate surface area is 94.4 Å². The number of hydrogen-bond donors (Lipinski definition) is 1. The highest BCUT2D eigenvalue weighted by atomic mass is 32.1. The van der Waals surface area contributed by atoms with Crippen LogP contribution < -0.4 is 5.32 Å². The third-order valence-electron chi connectivity index (χ3n) is 2.61. The summed E-state index contributed by atoms with van der Waals surface area (Å²) in [6.45, 7) is 1.95. The van der Waals surface area contributed by atoms with E-state index in [1.165, 1.54) is 7.11 Å². The molecule has 0 saturated carbocycles. The predicted molar refractivity (Wildman–Crippen MR) is 59.6 cm³/mol. The van der Waals surface area contributed by atoms with Crippen molar-refractivity contribution >= 4 is 29.0 Å². The normalized spacial score (nSPS) is 21.2. The average molecular weight is 229 g/mol. The second-order valence-electron chi connectivity index (χ2n) is 3.58. The third kappa shape index (κ3) is 2.99. The lowest BCUT2D eigenvalue weighted by Crippen LogP contribution is -2.54. The minimum atomic E-state index is -0.281. The van der Waals surface area contributed by atoms with Crippen LogP contribution in [0.15, 0.2) is 0 Å². The minimum Gasteiger partial charge on any atom is -0.469 e. The summed E-state index contributed by atoms with van der Waals surface area (Å²) < 4.78 is 4.61. The molecule has 0 radical (unpaired) electrons. The van der Waals surface area contributed by atoms with E-state index in [2.05, 4.69) is 10.1 Å². The van der Waals surface area contributed by atoms with Crippen molar-refractivity contribution in [1.82, 2.24) is 5.32 Å². The molecule has 2 atom stereocenters. The van der Waals surface area contributed by atoms with E-state index in [0.717, 1.165) is 11.3 Å². The van der Waals surface area contributed by atoms with E-state index in [1.807, 2.05) is 6.92 Å². The monoisotopic (exact) mass is 229 g/mol. The fraction of sp³-hybridized carbons (Fsp3) is 0.700. The summed E-state index contributed by atoms with van der Waals surface area (Å²) in [4.78, 5) is 22.8. The molecule has 4 nitrogen and oxygen atoms in total. The highest BCUT2D eigenvalue weighted by molar-refractivity contribution is 7.80. The van der Waals surface area contributed by atoms with Crippen LogP contribution >= 0.6 is 12.2 Å². The summed E-state index contributed by atoms with van der Waals surface area (Å²) in [5, 5.41) is 2.75. The van der Waals surface area contributed by atoms with Crippen LogP contribution in [0.2, 0.25) is 0 Å². The first-order valence-corrected chi connectivity index (χ1v) is 5.38. The van der Waals surface area contributed by atoms with E-state index in [1.54, 1.807) is 0 Å². The quantitative estimate of drug-likeness (QED) is 0.431. The Hall–Kier alpha value is -0.970. The molecule has 5 heteroatoms. The number of methoxy groups -OCH3 is 1. The fourth-order valence-corrected chi connectivity index (χ4v) is 1.88. The third-order valence-corrected chi connectivity index (χ3v) is 3.21. The van der Waals surface area contributed by atoms with Gasteiger partial charge >= 0.3 is 5.97 Å². The number of thiocarbonyl (C=S) groups is 1. The maximum absolute atomic E-state index is 11.2. The topological polar surface area (TPSA) is 55.4 Å². The molecule has 84 valence electrons. The smallest absolute Gasteiger partial charge is 0.306 e. The van der Waals surface area contributed by atoms with Gasteiger partial charge in [0, 0.05) is 18.4 Å². The predicted octanol–water partition coefficient (Wildman–Crippen LogP) is 0.834. The van der Waals surface area contributed by atoms with Crippen molar-refractivity contribution in [2.75, 3.05) is 7.11 Å². The van der Waals surface area contributed by atoms with Crippen molar-refractivity contribution in [3.63, 3.8) is 0 Å². The van der Waals surface area contributed by atoms with Crippen molar-refractivity contribution < 1.29 is 14.3 Å². The van der Waals surface area contributed by atoms with Crippen LogP contribution in [-0.4, -0.2) is 29.9 Å². The summed E-state index contributed by atoms with van der Waals surface area (Å²) in [7, 11) is 1.35. The van der Waals surface area contributed by atoms with Gasteiger partial charge in [0.05, 0.1) is 13.5 Å². The molecule has 0 aromatic heterocycles. The number of nitrogens with one attached hydrogen (secondary N) is 1. The molecule has 0 spiro atoms. The number of esters is 1. The first kappa shape index (κ1) is 12.1. The second-order valence-corrected chi connectivity index (χ2v) is 4.11. The Kier molecular flexibility index (Phi) is 4.20. The van der Waals surface area contributed by atoms with Gasteiger partial charge in [0.2, 0.25) is 5.91 Å². The molecule has 1 rings (SSSR count). The van der Waals surface area contributed by atoms with E-state index in [9.17, 15) is 9.59 Å². The first-order chi connectivity index (χ1) is 7.08. The van der Waals surface area contributed by atoms with Crippen LogP contribution in [0.25, 0.3) is 0 Å². The van der Waals surface area contributed by atoms with E-state index in [4.69, 9.17) is 12.2 Å². The van der Waals surface area contributed by atoms with Crippen molar-refractivity contribution in [3.8, 4) is 0 Å². The lowest BCUT2D eigenvalue weighted by atomic mass is 9.85. The number of ether oxygens (including phenoxy) is 1. The maximum atomic E-state index is 11.2. The van der Waals surface area contributed by atoms with Gasteiger partial charge in [0.15, 0.2) is 0 Å². The molecule has 1 heterocycles. The van der Waals surface area contributed by atoms with Gasteiger partial charge in [-0.3, -0.25) is 9.59 Å². The second kappa shape index (κ2) is 5.21. The van der Waals surface area contributed by atoms with Gasteiger partial charge < -0.3 is 10.1 Å². The molecule has 1 N–H and O–H groups in total. The summed E-state index contributed by atoms with van der Waals surface area (Å²) in [5.41, 5.74) is 0. The number of hydrogen-bond acceptors (Lipinski definition) is 4. The molecule has 1 fully saturated rings. The Morgan fingerprint density at radius 1 is 1.73 bits per heavy atom. The molecular formula is C10H15NO3S. The van der Waals surface area contributed by atoms with E-state index in [0.29, 0.717) is 6.42 Å². The van der Waals surface area contributed by atoms with Gasteiger partial charge in [0.25, 0.3) is 0 Å². The minimum absolute atomic E-state index is 0.0176. The van der Waals surface area contributed by atoms with Gasteiger partial charge in [0.1, 0.15) is 0 Å². The number of β-lactam (4-membered cyclic amide) rings is 1. The lowest BCUT2D eigenvalue weighted by molar-refractivity contribution is -0.142. The van der Waals surface area contributed by atoms with Crippen molar-refractivity contribution in [2.45, 2.75) is 32.2 Å². The molecule has 0 bridgehead atoms. The number of amides is 1. The number of carbonyl (C=O) groups is 2. The molecule has 0 aliphatic carbocycles. The molecular weight excluding hydrogens is 214 g/mol. The maximum Gasteiger partial charge on any atom is 0.306 e. The standard InChI is InChI=1S/C10H15NO3S/c1-3-8(15)6(4-10(13)14-2)7-5-9(12)11-7/h6-7H,3-5H2,1-2H3,(H,11,12). The van der Waals surface area contributed by atoms with Crippen molar-refractivity contribution in [3.05, 3.63) is 0 Å². The van der Waals surface area contributed by atoms with E-state index in [-0.39, 0.29) is 30.3 Å². The van der Waals surface area contributed by atoms with Gasteiger partial charge in [-0.2, -0.15) is 0 Å². The molecule has 2 unspecified atom stereocenters. The Morgan fingerprint density at radius 3 is 2.73 bits per heavy atom. The van der Waals surface area contributed by atoms with Crippen LogP contribution in [0, 0.1) is 5.92 Å². The van der Waals surface area contributed by atoms with Crippen molar-refractivity contribution in [1.29, 1.82) is 0 Å². The van der Waals surface area contributed by atoms with Gasteiger partial charge in [-0.05, 0) is 11.3 Å². The van der Waals surface area contributed by atoms with Gasteiger partial charge in [-0.25, -0.2) is 0 Å². The molecule has 1 aliphatic rings. The van der Waals surface area contributed by atoms with Crippen LogP contribution in [0.4, 0.5) is 0 Å². The molecule has 1 amide bonds. The zero-order valence-corrected chi connectivity index (χ0v) is 9.73. The highest BCUT2D eigenvalue weighted by Gasteiger charge is 2.35. The number of carbonyl (C=O) groups excluding carboxylic acids is 2. The molecule has 1 aliphatic heterocycles. The summed E-state index contributed by atoms with van der Waals surface area (Å²) in [5.74, 6) is -0.319. The fourth-order valence-electron chi connectivity index (χ4n) is 1.63. The van der Waals surface area contributed by atoms with Crippen LogP contribution in [0.5, 0.6) is 0 Å². The van der Waals surface area contributed by atoms with Crippen LogP contribution in [-0.2, 0) is 14.3 Å². The summed E-state index contributed by atoms with van der Waals surface area (Å²) >= 11 is 5.20.